The number of benzene rings is 1. The fourth-order valence-corrected chi connectivity index (χ4v) is 1.05. The second kappa shape index (κ2) is 4.96. The van der Waals surface area contributed by atoms with Gasteiger partial charge in [-0.1, -0.05) is 6.07 Å². The number of aryl methyl sites for hydroxylation is 1. The summed E-state index contributed by atoms with van der Waals surface area (Å²) in [6, 6.07) is 5.12. The van der Waals surface area contributed by atoms with E-state index in [4.69, 9.17) is 4.74 Å². The Labute approximate surface area is 84.1 Å². The summed E-state index contributed by atoms with van der Waals surface area (Å²) < 4.78 is 18.2. The lowest BCUT2D eigenvalue weighted by Crippen LogP contribution is -2.18. The van der Waals surface area contributed by atoms with Crippen molar-refractivity contribution in [3.8, 4) is 0 Å². The largest absolute Gasteiger partial charge is 0.382 e. The normalized spacial score (nSPS) is 12.6. The van der Waals surface area contributed by atoms with Crippen LogP contribution in [-0.4, -0.2) is 19.8 Å². The van der Waals surface area contributed by atoms with Crippen LogP contribution in [0.15, 0.2) is 18.2 Å². The molecule has 0 aliphatic heterocycles. The summed E-state index contributed by atoms with van der Waals surface area (Å²) in [5, 5.41) is 3.10. The van der Waals surface area contributed by atoms with E-state index in [-0.39, 0.29) is 11.9 Å². The second-order valence-corrected chi connectivity index (χ2v) is 3.39. The minimum atomic E-state index is -0.180. The first kappa shape index (κ1) is 11.0. The van der Waals surface area contributed by atoms with E-state index in [1.54, 1.807) is 20.1 Å². The quantitative estimate of drug-likeness (QED) is 0.801. The zero-order chi connectivity index (χ0) is 10.6. The maximum atomic E-state index is 13.1. The SMILES string of the molecule is COC(C)CNc1ccc(C)c(F)c1. The van der Waals surface area contributed by atoms with Gasteiger partial charge in [-0.05, 0) is 31.5 Å². The molecule has 0 amide bonds. The molecular formula is C11H16FNO. The number of hydrogen-bond donors (Lipinski definition) is 1. The van der Waals surface area contributed by atoms with E-state index in [9.17, 15) is 4.39 Å². The molecule has 1 unspecified atom stereocenters. The molecule has 78 valence electrons. The first-order chi connectivity index (χ1) is 6.63. The third kappa shape index (κ3) is 3.00. The summed E-state index contributed by atoms with van der Waals surface area (Å²) in [5.74, 6) is -0.180. The summed E-state index contributed by atoms with van der Waals surface area (Å²) in [7, 11) is 1.65. The Balaban J connectivity index is 2.55. The standard InChI is InChI=1S/C11H16FNO/c1-8-4-5-10(6-11(8)12)13-7-9(2)14-3/h4-6,9,13H,7H2,1-3H3. The highest BCUT2D eigenvalue weighted by Crippen LogP contribution is 2.13. The van der Waals surface area contributed by atoms with Gasteiger partial charge in [-0.2, -0.15) is 0 Å². The molecule has 2 nitrogen and oxygen atoms in total. The van der Waals surface area contributed by atoms with Crippen LogP contribution in [0.3, 0.4) is 0 Å². The van der Waals surface area contributed by atoms with Crippen LogP contribution >= 0.6 is 0 Å². The lowest BCUT2D eigenvalue weighted by Gasteiger charge is -2.12. The number of methoxy groups -OCH3 is 1. The summed E-state index contributed by atoms with van der Waals surface area (Å²) >= 11 is 0. The first-order valence-electron chi connectivity index (χ1n) is 4.66. The molecule has 0 saturated carbocycles. The van der Waals surface area contributed by atoms with Crippen molar-refractivity contribution in [2.45, 2.75) is 20.0 Å². The monoisotopic (exact) mass is 197 g/mol. The third-order valence-corrected chi connectivity index (χ3v) is 2.17. The summed E-state index contributed by atoms with van der Waals surface area (Å²) in [6.45, 7) is 4.38. The molecule has 0 fully saturated rings. The fraction of sp³-hybridized carbons (Fsp3) is 0.455. The maximum absolute atomic E-state index is 13.1. The lowest BCUT2D eigenvalue weighted by atomic mass is 10.2. The van der Waals surface area contributed by atoms with Gasteiger partial charge in [0.1, 0.15) is 5.82 Å². The molecule has 0 aliphatic rings. The molecule has 1 aromatic carbocycles. The molecule has 14 heavy (non-hydrogen) atoms. The molecule has 1 rings (SSSR count). The fourth-order valence-electron chi connectivity index (χ4n) is 1.05. The van der Waals surface area contributed by atoms with Gasteiger partial charge in [0.2, 0.25) is 0 Å². The van der Waals surface area contributed by atoms with E-state index in [0.717, 1.165) is 5.69 Å². The number of anilines is 1. The number of nitrogens with one attached hydrogen (secondary N) is 1. The minimum absolute atomic E-state index is 0.124. The van der Waals surface area contributed by atoms with Crippen LogP contribution in [0.4, 0.5) is 10.1 Å². The van der Waals surface area contributed by atoms with Crippen LogP contribution in [0.25, 0.3) is 0 Å². The number of ether oxygens (including phenoxy) is 1. The van der Waals surface area contributed by atoms with Crippen molar-refractivity contribution in [3.63, 3.8) is 0 Å². The maximum Gasteiger partial charge on any atom is 0.128 e. The molecule has 1 aromatic rings. The number of rotatable bonds is 4. The Morgan fingerprint density at radius 3 is 2.79 bits per heavy atom. The van der Waals surface area contributed by atoms with Gasteiger partial charge in [0.05, 0.1) is 6.10 Å². The summed E-state index contributed by atoms with van der Waals surface area (Å²) in [6.07, 6.45) is 0.124. The van der Waals surface area contributed by atoms with Gasteiger partial charge < -0.3 is 10.1 Å². The lowest BCUT2D eigenvalue weighted by molar-refractivity contribution is 0.129. The highest BCUT2D eigenvalue weighted by molar-refractivity contribution is 5.45. The predicted molar refractivity (Wildman–Crippen MR) is 56.1 cm³/mol. The third-order valence-electron chi connectivity index (χ3n) is 2.17. The second-order valence-electron chi connectivity index (χ2n) is 3.39. The molecule has 0 heterocycles. The Kier molecular flexibility index (Phi) is 3.89. The van der Waals surface area contributed by atoms with Crippen molar-refractivity contribution in [2.75, 3.05) is 19.0 Å². The van der Waals surface area contributed by atoms with Crippen molar-refractivity contribution < 1.29 is 9.13 Å². The Hall–Kier alpha value is -1.09. The van der Waals surface area contributed by atoms with Gasteiger partial charge in [0.25, 0.3) is 0 Å². The van der Waals surface area contributed by atoms with Crippen molar-refractivity contribution in [3.05, 3.63) is 29.6 Å². The zero-order valence-corrected chi connectivity index (χ0v) is 8.80. The molecule has 1 N–H and O–H groups in total. The van der Waals surface area contributed by atoms with Gasteiger partial charge >= 0.3 is 0 Å². The average molecular weight is 197 g/mol. The topological polar surface area (TPSA) is 21.3 Å². The molecular weight excluding hydrogens is 181 g/mol. The zero-order valence-electron chi connectivity index (χ0n) is 8.80. The van der Waals surface area contributed by atoms with Crippen LogP contribution < -0.4 is 5.32 Å². The van der Waals surface area contributed by atoms with Gasteiger partial charge in [-0.25, -0.2) is 4.39 Å². The van der Waals surface area contributed by atoms with Crippen molar-refractivity contribution in [1.29, 1.82) is 0 Å². The molecule has 3 heteroatoms. The average Bonchev–Trinajstić information content (AvgIpc) is 2.19. The van der Waals surface area contributed by atoms with E-state index < -0.39 is 0 Å². The predicted octanol–water partition coefficient (Wildman–Crippen LogP) is 2.58. The van der Waals surface area contributed by atoms with Crippen molar-refractivity contribution in [1.82, 2.24) is 0 Å². The minimum Gasteiger partial charge on any atom is -0.382 e. The molecule has 0 spiro atoms. The van der Waals surface area contributed by atoms with E-state index >= 15 is 0 Å². The van der Waals surface area contributed by atoms with Crippen LogP contribution in [0.5, 0.6) is 0 Å². The van der Waals surface area contributed by atoms with Crippen molar-refractivity contribution in [2.24, 2.45) is 0 Å². The van der Waals surface area contributed by atoms with Gasteiger partial charge in [0, 0.05) is 19.3 Å². The van der Waals surface area contributed by atoms with E-state index in [0.29, 0.717) is 12.1 Å². The Morgan fingerprint density at radius 2 is 2.21 bits per heavy atom. The Morgan fingerprint density at radius 1 is 1.50 bits per heavy atom. The van der Waals surface area contributed by atoms with Gasteiger partial charge in [0.15, 0.2) is 0 Å². The molecule has 1 atom stereocenters. The molecule has 0 radical (unpaired) electrons. The van der Waals surface area contributed by atoms with Crippen LogP contribution in [0, 0.1) is 12.7 Å². The van der Waals surface area contributed by atoms with Gasteiger partial charge in [-0.3, -0.25) is 0 Å². The summed E-state index contributed by atoms with van der Waals surface area (Å²) in [4.78, 5) is 0. The molecule has 0 aliphatic carbocycles. The Bertz CT molecular complexity index is 301. The smallest absolute Gasteiger partial charge is 0.128 e. The molecule has 0 bridgehead atoms. The van der Waals surface area contributed by atoms with E-state index in [1.807, 2.05) is 13.0 Å². The van der Waals surface area contributed by atoms with Crippen LogP contribution in [0.2, 0.25) is 0 Å². The molecule has 0 saturated heterocycles. The highest BCUT2D eigenvalue weighted by atomic mass is 19.1. The number of halogens is 1. The van der Waals surface area contributed by atoms with Crippen LogP contribution in [-0.2, 0) is 4.74 Å². The summed E-state index contributed by atoms with van der Waals surface area (Å²) in [5.41, 5.74) is 1.45. The van der Waals surface area contributed by atoms with Crippen LogP contribution in [0.1, 0.15) is 12.5 Å². The molecule has 0 aromatic heterocycles. The number of hydrogen-bond acceptors (Lipinski definition) is 2. The van der Waals surface area contributed by atoms with E-state index in [2.05, 4.69) is 5.32 Å². The highest BCUT2D eigenvalue weighted by Gasteiger charge is 2.01. The van der Waals surface area contributed by atoms with E-state index in [1.165, 1.54) is 6.07 Å². The first-order valence-corrected chi connectivity index (χ1v) is 4.66. The van der Waals surface area contributed by atoms with Gasteiger partial charge in [-0.15, -0.1) is 0 Å². The van der Waals surface area contributed by atoms with Crippen molar-refractivity contribution >= 4 is 5.69 Å².